The van der Waals surface area contributed by atoms with Gasteiger partial charge in [-0.05, 0) is 25.7 Å². The summed E-state index contributed by atoms with van der Waals surface area (Å²) in [6.07, 6.45) is 5.98. The first-order chi connectivity index (χ1) is 6.86. The zero-order chi connectivity index (χ0) is 9.54. The molecule has 0 aromatic carbocycles. The fraction of sp³-hybridized carbons (Fsp3) is 0.909. The van der Waals surface area contributed by atoms with Crippen molar-refractivity contribution in [3.8, 4) is 0 Å². The number of rotatable bonds is 1. The van der Waals surface area contributed by atoms with E-state index in [-0.39, 0.29) is 0 Å². The molecule has 2 aliphatic heterocycles. The van der Waals surface area contributed by atoms with Crippen LogP contribution in [0.5, 0.6) is 0 Å². The topological polar surface area (TPSA) is 32.3 Å². The lowest BCUT2D eigenvalue weighted by Gasteiger charge is -2.39. The Morgan fingerprint density at radius 3 is 2.21 bits per heavy atom. The molecule has 2 bridgehead atoms. The second kappa shape index (κ2) is 3.23. The fourth-order valence-corrected chi connectivity index (χ4v) is 3.00. The molecule has 3 rings (SSSR count). The molecule has 1 aliphatic carbocycles. The first-order valence-corrected chi connectivity index (χ1v) is 5.89. The van der Waals surface area contributed by atoms with Gasteiger partial charge in [-0.3, -0.25) is 4.79 Å². The predicted molar refractivity (Wildman–Crippen MR) is 53.9 cm³/mol. The average molecular weight is 194 g/mol. The number of carbonyl (C=O) groups excluding carboxylic acids is 1. The van der Waals surface area contributed by atoms with E-state index in [2.05, 4.69) is 10.2 Å². The van der Waals surface area contributed by atoms with Crippen LogP contribution in [-0.2, 0) is 4.79 Å². The summed E-state index contributed by atoms with van der Waals surface area (Å²) in [7, 11) is 0. The van der Waals surface area contributed by atoms with Gasteiger partial charge in [0.25, 0.3) is 0 Å². The largest absolute Gasteiger partial charge is 0.334 e. The van der Waals surface area contributed by atoms with E-state index >= 15 is 0 Å². The highest BCUT2D eigenvalue weighted by atomic mass is 16.2. The van der Waals surface area contributed by atoms with Crippen molar-refractivity contribution in [3.63, 3.8) is 0 Å². The summed E-state index contributed by atoms with van der Waals surface area (Å²) in [6, 6.07) is 1.03. The van der Waals surface area contributed by atoms with Gasteiger partial charge in [0.2, 0.25) is 5.91 Å². The Morgan fingerprint density at radius 2 is 1.71 bits per heavy atom. The third-order valence-electron chi connectivity index (χ3n) is 4.09. The number of nitrogens with one attached hydrogen (secondary N) is 1. The highest BCUT2D eigenvalue weighted by Gasteiger charge is 2.42. The molecule has 0 radical (unpaired) electrons. The number of amides is 1. The maximum Gasteiger partial charge on any atom is 0.226 e. The number of fused-ring (bicyclic) bond motifs is 2. The van der Waals surface area contributed by atoms with Gasteiger partial charge in [0.1, 0.15) is 0 Å². The summed E-state index contributed by atoms with van der Waals surface area (Å²) >= 11 is 0. The third kappa shape index (κ3) is 1.18. The predicted octanol–water partition coefficient (Wildman–Crippen LogP) is 0.749. The lowest BCUT2D eigenvalue weighted by atomic mass is 9.84. The molecule has 3 fully saturated rings. The van der Waals surface area contributed by atoms with Gasteiger partial charge >= 0.3 is 0 Å². The van der Waals surface area contributed by atoms with Crippen LogP contribution in [0.3, 0.4) is 0 Å². The van der Waals surface area contributed by atoms with E-state index in [9.17, 15) is 4.79 Å². The second-order valence-electron chi connectivity index (χ2n) is 4.92. The Kier molecular flexibility index (Phi) is 2.01. The standard InChI is InChI=1S/C11H18N2O/c14-11(8-2-1-3-8)13-9-4-5-10(13)7-12-6-9/h8-10,12H,1-7H2. The molecule has 2 atom stereocenters. The van der Waals surface area contributed by atoms with Crippen LogP contribution in [0.1, 0.15) is 32.1 Å². The minimum Gasteiger partial charge on any atom is -0.334 e. The second-order valence-corrected chi connectivity index (χ2v) is 4.92. The van der Waals surface area contributed by atoms with E-state index in [0.717, 1.165) is 25.9 Å². The van der Waals surface area contributed by atoms with Crippen molar-refractivity contribution in [3.05, 3.63) is 0 Å². The van der Waals surface area contributed by atoms with Crippen LogP contribution >= 0.6 is 0 Å². The first-order valence-electron chi connectivity index (χ1n) is 5.89. The molecule has 78 valence electrons. The average Bonchev–Trinajstić information content (AvgIpc) is 2.33. The fourth-order valence-electron chi connectivity index (χ4n) is 3.00. The van der Waals surface area contributed by atoms with Crippen molar-refractivity contribution in [2.75, 3.05) is 13.1 Å². The van der Waals surface area contributed by atoms with Crippen molar-refractivity contribution in [2.45, 2.75) is 44.2 Å². The number of piperazine rings is 1. The minimum absolute atomic E-state index is 0.385. The van der Waals surface area contributed by atoms with Crippen molar-refractivity contribution >= 4 is 5.91 Å². The van der Waals surface area contributed by atoms with Gasteiger partial charge in [-0.25, -0.2) is 0 Å². The lowest BCUT2D eigenvalue weighted by Crippen LogP contribution is -2.56. The molecule has 0 aromatic heterocycles. The summed E-state index contributed by atoms with van der Waals surface area (Å²) in [6.45, 7) is 2.05. The van der Waals surface area contributed by atoms with Crippen molar-refractivity contribution in [1.82, 2.24) is 10.2 Å². The Bertz CT molecular complexity index is 234. The zero-order valence-corrected chi connectivity index (χ0v) is 8.54. The Labute approximate surface area is 84.8 Å². The Hall–Kier alpha value is -0.570. The van der Waals surface area contributed by atoms with Gasteiger partial charge in [-0.2, -0.15) is 0 Å². The van der Waals surface area contributed by atoms with Crippen LogP contribution in [0, 0.1) is 5.92 Å². The van der Waals surface area contributed by atoms with Gasteiger partial charge in [-0.1, -0.05) is 6.42 Å². The van der Waals surface area contributed by atoms with Crippen LogP contribution in [0.2, 0.25) is 0 Å². The van der Waals surface area contributed by atoms with Crippen LogP contribution in [0.25, 0.3) is 0 Å². The molecule has 3 nitrogen and oxygen atoms in total. The molecular weight excluding hydrogens is 176 g/mol. The normalized spacial score (nSPS) is 37.0. The van der Waals surface area contributed by atoms with Gasteiger partial charge in [0, 0.05) is 31.1 Å². The molecule has 2 saturated heterocycles. The molecule has 0 aromatic rings. The van der Waals surface area contributed by atoms with E-state index in [1.807, 2.05) is 0 Å². The summed E-state index contributed by atoms with van der Waals surface area (Å²) in [5.41, 5.74) is 0. The van der Waals surface area contributed by atoms with E-state index < -0.39 is 0 Å². The van der Waals surface area contributed by atoms with E-state index in [1.165, 1.54) is 19.3 Å². The molecule has 0 spiro atoms. The molecule has 1 amide bonds. The van der Waals surface area contributed by atoms with Gasteiger partial charge < -0.3 is 10.2 Å². The molecule has 2 heterocycles. The summed E-state index contributed by atoms with van der Waals surface area (Å²) in [5.74, 6) is 0.849. The SMILES string of the molecule is O=C(C1CCC1)N1C2CCC1CNC2. The number of hydrogen-bond acceptors (Lipinski definition) is 2. The maximum absolute atomic E-state index is 12.1. The number of nitrogens with zero attached hydrogens (tertiary/aromatic N) is 1. The van der Waals surface area contributed by atoms with Gasteiger partial charge in [0.05, 0.1) is 0 Å². The van der Waals surface area contributed by atoms with E-state index in [1.54, 1.807) is 0 Å². The van der Waals surface area contributed by atoms with E-state index in [4.69, 9.17) is 0 Å². The molecule has 14 heavy (non-hydrogen) atoms. The van der Waals surface area contributed by atoms with Gasteiger partial charge in [0.15, 0.2) is 0 Å². The number of carbonyl (C=O) groups is 1. The molecule has 1 N–H and O–H groups in total. The zero-order valence-electron chi connectivity index (χ0n) is 8.54. The Morgan fingerprint density at radius 1 is 1.07 bits per heavy atom. The monoisotopic (exact) mass is 194 g/mol. The Balaban J connectivity index is 1.74. The molecule has 2 unspecified atom stereocenters. The lowest BCUT2D eigenvalue weighted by molar-refractivity contribution is -0.142. The minimum atomic E-state index is 0.385. The van der Waals surface area contributed by atoms with Crippen molar-refractivity contribution in [2.24, 2.45) is 5.92 Å². The summed E-state index contributed by atoms with van der Waals surface area (Å²) < 4.78 is 0. The summed E-state index contributed by atoms with van der Waals surface area (Å²) in [5, 5.41) is 3.41. The quantitative estimate of drug-likeness (QED) is 0.668. The van der Waals surface area contributed by atoms with Crippen LogP contribution in [-0.4, -0.2) is 36.0 Å². The van der Waals surface area contributed by atoms with Gasteiger partial charge in [-0.15, -0.1) is 0 Å². The van der Waals surface area contributed by atoms with Crippen LogP contribution < -0.4 is 5.32 Å². The van der Waals surface area contributed by atoms with Crippen molar-refractivity contribution in [1.29, 1.82) is 0 Å². The summed E-state index contributed by atoms with van der Waals surface area (Å²) in [4.78, 5) is 14.3. The maximum atomic E-state index is 12.1. The highest BCUT2D eigenvalue weighted by Crippen LogP contribution is 2.34. The molecular formula is C11H18N2O. The van der Waals surface area contributed by atoms with Crippen LogP contribution in [0.4, 0.5) is 0 Å². The van der Waals surface area contributed by atoms with Crippen molar-refractivity contribution < 1.29 is 4.79 Å². The van der Waals surface area contributed by atoms with E-state index in [0.29, 0.717) is 23.9 Å². The molecule has 1 saturated carbocycles. The smallest absolute Gasteiger partial charge is 0.226 e. The molecule has 3 aliphatic rings. The third-order valence-corrected chi connectivity index (χ3v) is 4.09. The first kappa shape index (κ1) is 8.72. The highest BCUT2D eigenvalue weighted by molar-refractivity contribution is 5.80. The molecule has 3 heteroatoms. The number of hydrogen-bond donors (Lipinski definition) is 1. The van der Waals surface area contributed by atoms with Crippen LogP contribution in [0.15, 0.2) is 0 Å².